The third-order valence-corrected chi connectivity index (χ3v) is 2.47. The van der Waals surface area contributed by atoms with Crippen molar-refractivity contribution in [2.45, 2.75) is 6.18 Å². The molecule has 0 N–H and O–H groups in total. The average Bonchev–Trinajstić information content (AvgIpc) is 2.15. The molecule has 0 amide bonds. The molecule has 0 bridgehead atoms. The normalized spacial score (nSPS) is 12.0. The lowest BCUT2D eigenvalue weighted by molar-refractivity contribution is -0.137. The van der Waals surface area contributed by atoms with E-state index < -0.39 is 11.7 Å². The Balaban J connectivity index is 2.62. The average molecular weight is 276 g/mol. The summed E-state index contributed by atoms with van der Waals surface area (Å²) < 4.78 is 37.8. The molecule has 2 rings (SSSR count). The molecule has 1 nitrogen and oxygen atoms in total. The Morgan fingerprint density at radius 1 is 1.13 bits per heavy atom. The summed E-state index contributed by atoms with van der Waals surface area (Å²) in [6.45, 7) is 0. The number of pyridine rings is 1. The van der Waals surface area contributed by atoms with Crippen LogP contribution < -0.4 is 0 Å². The fourth-order valence-electron chi connectivity index (χ4n) is 1.25. The molecule has 1 aromatic carbocycles. The largest absolute Gasteiger partial charge is 0.417 e. The molecule has 0 aliphatic heterocycles. The van der Waals surface area contributed by atoms with Crippen LogP contribution in [0.2, 0.25) is 0 Å². The Hall–Kier alpha value is -1.10. The minimum Gasteiger partial charge on any atom is -0.256 e. The summed E-state index contributed by atoms with van der Waals surface area (Å²) >= 11 is 3.23. The van der Waals surface area contributed by atoms with Crippen LogP contribution in [0.5, 0.6) is 0 Å². The highest BCUT2D eigenvalue weighted by atomic mass is 79.9. The predicted octanol–water partition coefficient (Wildman–Crippen LogP) is 4.02. The van der Waals surface area contributed by atoms with Crippen LogP contribution in [-0.4, -0.2) is 4.98 Å². The van der Waals surface area contributed by atoms with Gasteiger partial charge in [0.25, 0.3) is 0 Å². The summed E-state index contributed by atoms with van der Waals surface area (Å²) in [5.41, 5.74) is -0.185. The van der Waals surface area contributed by atoms with Crippen molar-refractivity contribution in [3.8, 4) is 0 Å². The van der Waals surface area contributed by atoms with Gasteiger partial charge in [-0.25, -0.2) is 0 Å². The third-order valence-electron chi connectivity index (χ3n) is 1.97. The van der Waals surface area contributed by atoms with Crippen LogP contribution in [0.25, 0.3) is 10.9 Å². The summed E-state index contributed by atoms with van der Waals surface area (Å²) in [5, 5.41) is 0.480. The molecule has 0 saturated heterocycles. The molecule has 0 fully saturated rings. The van der Waals surface area contributed by atoms with Crippen molar-refractivity contribution >= 4 is 26.8 Å². The highest BCUT2D eigenvalue weighted by Gasteiger charge is 2.30. The SMILES string of the molecule is FC(F)(F)c1cnc2cc(Br)ccc2c1. The molecule has 0 atom stereocenters. The molecule has 0 aliphatic carbocycles. The van der Waals surface area contributed by atoms with Crippen molar-refractivity contribution in [1.82, 2.24) is 4.98 Å². The second-order valence-corrected chi connectivity index (χ2v) is 3.97. The molecular weight excluding hydrogens is 271 g/mol. The van der Waals surface area contributed by atoms with Gasteiger partial charge in [-0.2, -0.15) is 13.2 Å². The molecule has 0 aliphatic rings. The van der Waals surface area contributed by atoms with Crippen LogP contribution in [-0.2, 0) is 6.18 Å². The minimum absolute atomic E-state index is 0.480. The Morgan fingerprint density at radius 3 is 2.53 bits per heavy atom. The van der Waals surface area contributed by atoms with Gasteiger partial charge in [-0.05, 0) is 18.2 Å². The van der Waals surface area contributed by atoms with E-state index in [9.17, 15) is 13.2 Å². The van der Waals surface area contributed by atoms with E-state index in [1.807, 2.05) is 0 Å². The van der Waals surface area contributed by atoms with Crippen molar-refractivity contribution in [3.63, 3.8) is 0 Å². The maximum absolute atomic E-state index is 12.3. The number of fused-ring (bicyclic) bond motifs is 1. The first kappa shape index (κ1) is 10.4. The molecule has 0 radical (unpaired) electrons. The number of aromatic nitrogens is 1. The van der Waals surface area contributed by atoms with Crippen LogP contribution in [0.3, 0.4) is 0 Å². The van der Waals surface area contributed by atoms with Gasteiger partial charge < -0.3 is 0 Å². The number of nitrogens with zero attached hydrogens (tertiary/aromatic N) is 1. The van der Waals surface area contributed by atoms with Crippen LogP contribution in [0.15, 0.2) is 34.9 Å². The van der Waals surface area contributed by atoms with Crippen molar-refractivity contribution in [3.05, 3.63) is 40.5 Å². The third kappa shape index (κ3) is 2.12. The zero-order chi connectivity index (χ0) is 11.1. The van der Waals surface area contributed by atoms with E-state index in [1.54, 1.807) is 18.2 Å². The fraction of sp³-hybridized carbons (Fsp3) is 0.100. The van der Waals surface area contributed by atoms with Gasteiger partial charge in [0.2, 0.25) is 0 Å². The monoisotopic (exact) mass is 275 g/mol. The van der Waals surface area contributed by atoms with Gasteiger partial charge in [0.15, 0.2) is 0 Å². The van der Waals surface area contributed by atoms with Crippen molar-refractivity contribution in [2.24, 2.45) is 0 Å². The molecule has 15 heavy (non-hydrogen) atoms. The molecule has 0 saturated carbocycles. The second-order valence-electron chi connectivity index (χ2n) is 3.06. The molecular formula is C10H5BrF3N. The van der Waals surface area contributed by atoms with Crippen LogP contribution in [0.4, 0.5) is 13.2 Å². The van der Waals surface area contributed by atoms with E-state index in [1.165, 1.54) is 0 Å². The lowest BCUT2D eigenvalue weighted by Crippen LogP contribution is -2.05. The number of benzene rings is 1. The number of rotatable bonds is 0. The quantitative estimate of drug-likeness (QED) is 0.708. The van der Waals surface area contributed by atoms with Gasteiger partial charge >= 0.3 is 6.18 Å². The summed E-state index contributed by atoms with van der Waals surface area (Å²) in [6, 6.07) is 6.05. The summed E-state index contributed by atoms with van der Waals surface area (Å²) in [5.74, 6) is 0. The maximum atomic E-state index is 12.3. The summed E-state index contributed by atoms with van der Waals surface area (Å²) in [4.78, 5) is 3.76. The zero-order valence-corrected chi connectivity index (χ0v) is 8.93. The van der Waals surface area contributed by atoms with Gasteiger partial charge in [-0.3, -0.25) is 4.98 Å². The first-order chi connectivity index (χ1) is 6.97. The Kier molecular flexibility index (Phi) is 2.42. The van der Waals surface area contributed by atoms with Crippen molar-refractivity contribution in [1.29, 1.82) is 0 Å². The topological polar surface area (TPSA) is 12.9 Å². The molecule has 1 aromatic heterocycles. The van der Waals surface area contributed by atoms with Gasteiger partial charge in [-0.15, -0.1) is 0 Å². The van der Waals surface area contributed by atoms with Gasteiger partial charge in [0.1, 0.15) is 0 Å². The van der Waals surface area contributed by atoms with Gasteiger partial charge in [0.05, 0.1) is 11.1 Å². The molecule has 0 unspecified atom stereocenters. The van der Waals surface area contributed by atoms with E-state index in [-0.39, 0.29) is 0 Å². The van der Waals surface area contributed by atoms with Crippen molar-refractivity contribution < 1.29 is 13.2 Å². The van der Waals surface area contributed by atoms with E-state index in [0.29, 0.717) is 10.9 Å². The maximum Gasteiger partial charge on any atom is 0.417 e. The number of hydrogen-bond acceptors (Lipinski definition) is 1. The van der Waals surface area contributed by atoms with E-state index >= 15 is 0 Å². The standard InChI is InChI=1S/C10H5BrF3N/c11-8-2-1-6-3-7(10(12,13)14)5-15-9(6)4-8/h1-5H. The van der Waals surface area contributed by atoms with Gasteiger partial charge in [0, 0.05) is 16.1 Å². The fourth-order valence-corrected chi connectivity index (χ4v) is 1.60. The summed E-state index contributed by atoms with van der Waals surface area (Å²) in [6.07, 6.45) is -3.50. The lowest BCUT2D eigenvalue weighted by Gasteiger charge is -2.06. The first-order valence-corrected chi connectivity index (χ1v) is 4.88. The lowest BCUT2D eigenvalue weighted by atomic mass is 10.1. The molecule has 78 valence electrons. The van der Waals surface area contributed by atoms with E-state index in [2.05, 4.69) is 20.9 Å². The van der Waals surface area contributed by atoms with Crippen LogP contribution >= 0.6 is 15.9 Å². The number of halogens is 4. The molecule has 0 spiro atoms. The first-order valence-electron chi connectivity index (χ1n) is 4.09. The smallest absolute Gasteiger partial charge is 0.256 e. The molecule has 5 heteroatoms. The highest BCUT2D eigenvalue weighted by Crippen LogP contribution is 2.30. The minimum atomic E-state index is -4.34. The van der Waals surface area contributed by atoms with Crippen LogP contribution in [0.1, 0.15) is 5.56 Å². The van der Waals surface area contributed by atoms with Crippen molar-refractivity contribution in [2.75, 3.05) is 0 Å². The Morgan fingerprint density at radius 2 is 1.87 bits per heavy atom. The second kappa shape index (κ2) is 3.48. The zero-order valence-electron chi connectivity index (χ0n) is 7.35. The number of hydrogen-bond donors (Lipinski definition) is 0. The van der Waals surface area contributed by atoms with Gasteiger partial charge in [-0.1, -0.05) is 22.0 Å². The molecule has 1 heterocycles. The Bertz CT molecular complexity index is 507. The van der Waals surface area contributed by atoms with E-state index in [4.69, 9.17) is 0 Å². The predicted molar refractivity (Wildman–Crippen MR) is 54.4 cm³/mol. The summed E-state index contributed by atoms with van der Waals surface area (Å²) in [7, 11) is 0. The van der Waals surface area contributed by atoms with Crippen LogP contribution in [0, 0.1) is 0 Å². The number of alkyl halides is 3. The Labute approximate surface area is 92.1 Å². The van der Waals surface area contributed by atoms with E-state index in [0.717, 1.165) is 16.7 Å². The highest BCUT2D eigenvalue weighted by molar-refractivity contribution is 9.10. The molecule has 2 aromatic rings.